The molecule has 24 heavy (non-hydrogen) atoms. The maximum absolute atomic E-state index is 12.2. The zero-order valence-corrected chi connectivity index (χ0v) is 13.9. The van der Waals surface area contributed by atoms with Gasteiger partial charge >= 0.3 is 5.97 Å². The van der Waals surface area contributed by atoms with Crippen molar-refractivity contribution < 1.29 is 23.1 Å². The number of hydrogen-bond donors (Lipinski definition) is 2. The highest BCUT2D eigenvalue weighted by Crippen LogP contribution is 2.18. The van der Waals surface area contributed by atoms with Gasteiger partial charge in [0, 0.05) is 13.5 Å². The second kappa shape index (κ2) is 7.31. The highest BCUT2D eigenvalue weighted by Gasteiger charge is 2.18. The minimum absolute atomic E-state index is 0.136. The fourth-order valence-electron chi connectivity index (χ4n) is 2.23. The highest BCUT2D eigenvalue weighted by molar-refractivity contribution is 7.91. The van der Waals surface area contributed by atoms with Crippen molar-refractivity contribution in [3.63, 3.8) is 0 Å². The molecule has 0 bridgehead atoms. The van der Waals surface area contributed by atoms with Crippen LogP contribution in [0.15, 0.2) is 42.5 Å². The molecular formula is C16H18N2O5S. The van der Waals surface area contributed by atoms with Crippen molar-refractivity contribution in [3.8, 4) is 0 Å². The zero-order valence-electron chi connectivity index (χ0n) is 13.1. The summed E-state index contributed by atoms with van der Waals surface area (Å²) in [5.41, 5.74) is 0.908. The van der Waals surface area contributed by atoms with E-state index in [1.54, 1.807) is 37.4 Å². The van der Waals surface area contributed by atoms with Crippen molar-refractivity contribution in [1.29, 1.82) is 0 Å². The van der Waals surface area contributed by atoms with Crippen LogP contribution in [-0.4, -0.2) is 29.8 Å². The van der Waals surface area contributed by atoms with Gasteiger partial charge in [-0.05, 0) is 17.7 Å². The van der Waals surface area contributed by atoms with E-state index in [9.17, 15) is 18.0 Å². The lowest BCUT2D eigenvalue weighted by molar-refractivity contribution is -0.136. The molecule has 0 amide bonds. The first-order valence-corrected chi connectivity index (χ1v) is 8.89. The molecule has 0 aliphatic carbocycles. The smallest absolute Gasteiger partial charge is 0.303 e. The minimum atomic E-state index is -3.62. The SMILES string of the molecule is Cn1c(NS(=O)(=O)Cc2ccccc2)ccc1C(=O)CCC(=O)O. The molecule has 1 heterocycles. The van der Waals surface area contributed by atoms with Gasteiger partial charge in [-0.1, -0.05) is 30.3 Å². The summed E-state index contributed by atoms with van der Waals surface area (Å²) in [6.07, 6.45) is -0.400. The molecular weight excluding hydrogens is 332 g/mol. The second-order valence-corrected chi connectivity index (χ2v) is 7.05. The third-order valence-electron chi connectivity index (χ3n) is 3.43. The predicted octanol–water partition coefficient (Wildman–Crippen LogP) is 2.01. The highest BCUT2D eigenvalue weighted by atomic mass is 32.2. The molecule has 0 radical (unpaired) electrons. The second-order valence-electron chi connectivity index (χ2n) is 5.33. The number of sulfonamides is 1. The Morgan fingerprint density at radius 2 is 1.75 bits per heavy atom. The van der Waals surface area contributed by atoms with Crippen LogP contribution in [0.3, 0.4) is 0 Å². The molecule has 128 valence electrons. The van der Waals surface area contributed by atoms with E-state index in [0.717, 1.165) is 0 Å². The van der Waals surface area contributed by atoms with E-state index in [1.165, 1.54) is 16.7 Å². The van der Waals surface area contributed by atoms with Gasteiger partial charge in [0.2, 0.25) is 10.0 Å². The van der Waals surface area contributed by atoms with E-state index in [1.807, 2.05) is 0 Å². The molecule has 2 rings (SSSR count). The van der Waals surface area contributed by atoms with Crippen LogP contribution in [0.2, 0.25) is 0 Å². The van der Waals surface area contributed by atoms with Crippen LogP contribution in [0, 0.1) is 0 Å². The first kappa shape index (κ1) is 17.7. The number of benzene rings is 1. The van der Waals surface area contributed by atoms with Gasteiger partial charge < -0.3 is 9.67 Å². The number of Topliss-reactive ketones (excluding diaryl/α,β-unsaturated/α-hetero) is 1. The molecule has 0 atom stereocenters. The van der Waals surface area contributed by atoms with Crippen molar-refractivity contribution in [3.05, 3.63) is 53.7 Å². The van der Waals surface area contributed by atoms with Gasteiger partial charge in [-0.2, -0.15) is 0 Å². The number of carbonyl (C=O) groups is 2. The van der Waals surface area contributed by atoms with Crippen molar-refractivity contribution in [2.45, 2.75) is 18.6 Å². The number of nitrogens with one attached hydrogen (secondary N) is 1. The molecule has 7 nitrogen and oxygen atoms in total. The van der Waals surface area contributed by atoms with Crippen LogP contribution in [0.5, 0.6) is 0 Å². The summed E-state index contributed by atoms with van der Waals surface area (Å²) in [6.45, 7) is 0. The van der Waals surface area contributed by atoms with Gasteiger partial charge in [0.1, 0.15) is 5.82 Å². The van der Waals surface area contributed by atoms with Crippen LogP contribution in [-0.2, 0) is 27.6 Å². The van der Waals surface area contributed by atoms with Gasteiger partial charge in [0.25, 0.3) is 0 Å². The van der Waals surface area contributed by atoms with E-state index in [0.29, 0.717) is 5.56 Å². The standard InChI is InChI=1S/C16H18N2O5S/c1-18-13(14(19)8-10-16(20)21)7-9-15(18)17-24(22,23)11-12-5-3-2-4-6-12/h2-7,9,17H,8,10-11H2,1H3,(H,20,21). The van der Waals surface area contributed by atoms with E-state index < -0.39 is 16.0 Å². The fourth-order valence-corrected chi connectivity index (χ4v) is 3.46. The Labute approximate surface area is 140 Å². The number of aromatic nitrogens is 1. The summed E-state index contributed by atoms with van der Waals surface area (Å²) >= 11 is 0. The molecule has 0 unspecified atom stereocenters. The lowest BCUT2D eigenvalue weighted by atomic mass is 10.2. The lowest BCUT2D eigenvalue weighted by Crippen LogP contribution is -2.18. The van der Waals surface area contributed by atoms with Gasteiger partial charge in [-0.25, -0.2) is 8.42 Å². The minimum Gasteiger partial charge on any atom is -0.481 e. The Balaban J connectivity index is 2.10. The molecule has 0 saturated carbocycles. The van der Waals surface area contributed by atoms with Gasteiger partial charge in [-0.15, -0.1) is 0 Å². The van der Waals surface area contributed by atoms with Crippen LogP contribution in [0.1, 0.15) is 28.9 Å². The molecule has 0 aliphatic heterocycles. The molecule has 1 aromatic carbocycles. The summed E-state index contributed by atoms with van der Waals surface area (Å²) in [5, 5.41) is 8.63. The molecule has 0 fully saturated rings. The number of aliphatic carboxylic acids is 1. The maximum Gasteiger partial charge on any atom is 0.303 e. The summed E-state index contributed by atoms with van der Waals surface area (Å²) in [7, 11) is -2.07. The Hall–Kier alpha value is -2.61. The maximum atomic E-state index is 12.2. The Morgan fingerprint density at radius 3 is 2.38 bits per heavy atom. The summed E-state index contributed by atoms with van der Waals surface area (Å²) in [4.78, 5) is 22.5. The Morgan fingerprint density at radius 1 is 1.08 bits per heavy atom. The van der Waals surface area contributed by atoms with Gasteiger partial charge in [0.05, 0.1) is 17.9 Å². The summed E-state index contributed by atoms with van der Waals surface area (Å²) < 4.78 is 28.3. The average Bonchev–Trinajstić information content (AvgIpc) is 2.86. The molecule has 0 spiro atoms. The average molecular weight is 350 g/mol. The molecule has 1 aromatic heterocycles. The zero-order chi connectivity index (χ0) is 17.7. The van der Waals surface area contributed by atoms with Crippen molar-refractivity contribution >= 4 is 27.6 Å². The molecule has 2 aromatic rings. The topological polar surface area (TPSA) is 105 Å². The number of rotatable bonds is 8. The number of anilines is 1. The Bertz CT molecular complexity index is 841. The van der Waals surface area contributed by atoms with Gasteiger partial charge in [-0.3, -0.25) is 14.3 Å². The molecule has 2 N–H and O–H groups in total. The summed E-state index contributed by atoms with van der Waals surface area (Å²) in [6, 6.07) is 11.7. The monoisotopic (exact) mass is 350 g/mol. The number of carbonyl (C=O) groups excluding carboxylic acids is 1. The van der Waals surface area contributed by atoms with E-state index >= 15 is 0 Å². The van der Waals surface area contributed by atoms with E-state index in [-0.39, 0.29) is 35.9 Å². The number of ketones is 1. The third kappa shape index (κ3) is 4.69. The Kier molecular flexibility index (Phi) is 5.40. The number of hydrogen-bond acceptors (Lipinski definition) is 4. The molecule has 8 heteroatoms. The summed E-state index contributed by atoms with van der Waals surface area (Å²) in [5.74, 6) is -1.33. The van der Waals surface area contributed by atoms with E-state index in [2.05, 4.69) is 4.72 Å². The van der Waals surface area contributed by atoms with Crippen LogP contribution >= 0.6 is 0 Å². The number of carboxylic acids is 1. The number of nitrogens with zero attached hydrogens (tertiary/aromatic N) is 1. The van der Waals surface area contributed by atoms with Crippen LogP contribution < -0.4 is 4.72 Å². The van der Waals surface area contributed by atoms with Crippen molar-refractivity contribution in [1.82, 2.24) is 4.57 Å². The third-order valence-corrected chi connectivity index (χ3v) is 4.67. The number of carboxylic acid groups (broad SMARTS) is 1. The molecule has 0 aliphatic rings. The largest absolute Gasteiger partial charge is 0.481 e. The van der Waals surface area contributed by atoms with Crippen LogP contribution in [0.4, 0.5) is 5.82 Å². The fraction of sp³-hybridized carbons (Fsp3) is 0.250. The van der Waals surface area contributed by atoms with Gasteiger partial charge in [0.15, 0.2) is 5.78 Å². The van der Waals surface area contributed by atoms with Crippen LogP contribution in [0.25, 0.3) is 0 Å². The first-order chi connectivity index (χ1) is 11.3. The predicted molar refractivity (Wildman–Crippen MR) is 89.3 cm³/mol. The van der Waals surface area contributed by atoms with E-state index in [4.69, 9.17) is 5.11 Å². The lowest BCUT2D eigenvalue weighted by Gasteiger charge is -2.10. The normalized spacial score (nSPS) is 11.2. The van der Waals surface area contributed by atoms with Crippen molar-refractivity contribution in [2.75, 3.05) is 4.72 Å². The quantitative estimate of drug-likeness (QED) is 0.709. The molecule has 0 saturated heterocycles. The van der Waals surface area contributed by atoms with Crippen molar-refractivity contribution in [2.24, 2.45) is 7.05 Å². The first-order valence-electron chi connectivity index (χ1n) is 7.23.